The van der Waals surface area contributed by atoms with Gasteiger partial charge in [-0.1, -0.05) is 6.58 Å². The highest BCUT2D eigenvalue weighted by Gasteiger charge is 2.06. The van der Waals surface area contributed by atoms with E-state index in [1.165, 1.54) is 6.20 Å². The Kier molecular flexibility index (Phi) is 2.81. The second-order valence-electron chi connectivity index (χ2n) is 2.62. The maximum Gasteiger partial charge on any atom is 0.253 e. The molecule has 1 rings (SSSR count). The first-order valence-electron chi connectivity index (χ1n) is 3.72. The van der Waals surface area contributed by atoms with Crippen molar-refractivity contribution < 1.29 is 9.90 Å². The van der Waals surface area contributed by atoms with Crippen LogP contribution in [0.25, 0.3) is 0 Å². The number of rotatable bonds is 3. The summed E-state index contributed by atoms with van der Waals surface area (Å²) < 4.78 is 1.57. The van der Waals surface area contributed by atoms with Crippen molar-refractivity contribution in [1.29, 1.82) is 0 Å². The van der Waals surface area contributed by atoms with Gasteiger partial charge in [0.1, 0.15) is 0 Å². The van der Waals surface area contributed by atoms with Crippen molar-refractivity contribution >= 4 is 11.6 Å². The average Bonchev–Trinajstić information content (AvgIpc) is 2.49. The van der Waals surface area contributed by atoms with E-state index in [-0.39, 0.29) is 12.2 Å². The molecule has 2 N–H and O–H groups in total. The van der Waals surface area contributed by atoms with Gasteiger partial charge in [0.15, 0.2) is 0 Å². The second kappa shape index (κ2) is 3.86. The number of anilines is 1. The summed E-state index contributed by atoms with van der Waals surface area (Å²) >= 11 is 0. The minimum atomic E-state index is -0.393. The number of hydrogen-bond donors (Lipinski definition) is 2. The number of aromatic nitrogens is 2. The quantitative estimate of drug-likeness (QED) is 0.640. The fourth-order valence-corrected chi connectivity index (χ4v) is 0.777. The minimum Gasteiger partial charge on any atom is -0.391 e. The zero-order chi connectivity index (χ0) is 9.84. The molecule has 0 atom stereocenters. The molecule has 1 amide bonds. The molecule has 5 nitrogen and oxygen atoms in total. The number of nitrogens with one attached hydrogen (secondary N) is 1. The van der Waals surface area contributed by atoms with Crippen LogP contribution >= 0.6 is 0 Å². The lowest BCUT2D eigenvalue weighted by Gasteiger charge is -2.01. The van der Waals surface area contributed by atoms with Crippen LogP contribution < -0.4 is 5.32 Å². The van der Waals surface area contributed by atoms with Crippen molar-refractivity contribution in [2.24, 2.45) is 7.05 Å². The van der Waals surface area contributed by atoms with Gasteiger partial charge in [-0.25, -0.2) is 0 Å². The molecule has 0 aliphatic carbocycles. The first-order valence-corrected chi connectivity index (χ1v) is 3.72. The number of hydrogen-bond acceptors (Lipinski definition) is 3. The fourth-order valence-electron chi connectivity index (χ4n) is 0.777. The molecule has 1 aromatic heterocycles. The molecule has 1 aromatic rings. The first kappa shape index (κ1) is 9.47. The van der Waals surface area contributed by atoms with Gasteiger partial charge in [0.2, 0.25) is 0 Å². The van der Waals surface area contributed by atoms with E-state index in [9.17, 15) is 4.79 Å². The van der Waals surface area contributed by atoms with Gasteiger partial charge in [0.25, 0.3) is 5.91 Å². The monoisotopic (exact) mass is 181 g/mol. The summed E-state index contributed by atoms with van der Waals surface area (Å²) in [5.41, 5.74) is 0.714. The number of carbonyl (C=O) groups is 1. The summed E-state index contributed by atoms with van der Waals surface area (Å²) in [5.74, 6) is -0.393. The van der Waals surface area contributed by atoms with Crippen LogP contribution in [0.5, 0.6) is 0 Å². The standard InChI is InChI=1S/C8H11N3O2/c1-6(5-12)8(13)10-7-3-9-11(2)4-7/h3-4,12H,1,5H2,2H3,(H,10,13). The molecule has 0 aromatic carbocycles. The Morgan fingerprint density at radius 2 is 2.54 bits per heavy atom. The number of carbonyl (C=O) groups excluding carboxylic acids is 1. The minimum absolute atomic E-state index is 0.129. The summed E-state index contributed by atoms with van der Waals surface area (Å²) in [4.78, 5) is 11.1. The van der Waals surface area contributed by atoms with Crippen LogP contribution in [0.15, 0.2) is 24.5 Å². The highest BCUT2D eigenvalue weighted by Crippen LogP contribution is 2.04. The molecule has 70 valence electrons. The topological polar surface area (TPSA) is 67.2 Å². The maximum absolute atomic E-state index is 11.1. The molecule has 13 heavy (non-hydrogen) atoms. The Bertz CT molecular complexity index is 330. The summed E-state index contributed by atoms with van der Waals surface area (Å²) in [5, 5.41) is 15.0. The van der Waals surface area contributed by atoms with E-state index in [0.29, 0.717) is 5.69 Å². The van der Waals surface area contributed by atoms with Gasteiger partial charge in [-0.05, 0) is 0 Å². The smallest absolute Gasteiger partial charge is 0.253 e. The van der Waals surface area contributed by atoms with Crippen LogP contribution in [0.1, 0.15) is 0 Å². The zero-order valence-corrected chi connectivity index (χ0v) is 7.32. The molecule has 0 aliphatic rings. The third-order valence-corrected chi connectivity index (χ3v) is 1.47. The largest absolute Gasteiger partial charge is 0.391 e. The lowest BCUT2D eigenvalue weighted by molar-refractivity contribution is -0.113. The van der Waals surface area contributed by atoms with Crippen LogP contribution in [-0.2, 0) is 11.8 Å². The molecule has 0 saturated heterocycles. The van der Waals surface area contributed by atoms with Gasteiger partial charge < -0.3 is 10.4 Å². The molecule has 0 fully saturated rings. The van der Waals surface area contributed by atoms with Gasteiger partial charge in [-0.2, -0.15) is 5.10 Å². The third kappa shape index (κ3) is 2.41. The third-order valence-electron chi connectivity index (χ3n) is 1.47. The first-order chi connectivity index (χ1) is 6.13. The van der Waals surface area contributed by atoms with Crippen LogP contribution in [0.3, 0.4) is 0 Å². The summed E-state index contributed by atoms with van der Waals surface area (Å²) in [7, 11) is 1.75. The molecule has 0 radical (unpaired) electrons. The Morgan fingerprint density at radius 3 is 3.00 bits per heavy atom. The number of aryl methyl sites for hydroxylation is 1. The van der Waals surface area contributed by atoms with Gasteiger partial charge in [0, 0.05) is 18.8 Å². The van der Waals surface area contributed by atoms with Gasteiger partial charge in [-0.15, -0.1) is 0 Å². The van der Waals surface area contributed by atoms with Crippen LogP contribution in [0, 0.1) is 0 Å². The SMILES string of the molecule is C=C(CO)C(=O)Nc1cnn(C)c1. The number of aliphatic hydroxyl groups excluding tert-OH is 1. The Hall–Kier alpha value is -1.62. The van der Waals surface area contributed by atoms with E-state index < -0.39 is 5.91 Å². The van der Waals surface area contributed by atoms with Crippen LogP contribution in [-0.4, -0.2) is 27.4 Å². The maximum atomic E-state index is 11.1. The van der Waals surface area contributed by atoms with E-state index in [1.54, 1.807) is 17.9 Å². The summed E-state index contributed by atoms with van der Waals surface area (Å²) in [6.07, 6.45) is 3.17. The second-order valence-corrected chi connectivity index (χ2v) is 2.62. The molecular weight excluding hydrogens is 170 g/mol. The van der Waals surface area contributed by atoms with Crippen LogP contribution in [0.2, 0.25) is 0 Å². The molecule has 0 aliphatic heterocycles. The Balaban J connectivity index is 2.60. The Labute approximate surface area is 75.7 Å². The lowest BCUT2D eigenvalue weighted by atomic mass is 10.3. The number of amides is 1. The normalized spacial score (nSPS) is 9.69. The van der Waals surface area contributed by atoms with Gasteiger partial charge in [0.05, 0.1) is 18.5 Å². The molecule has 1 heterocycles. The van der Waals surface area contributed by atoms with E-state index in [0.717, 1.165) is 0 Å². The molecule has 5 heteroatoms. The molecule has 0 spiro atoms. The van der Waals surface area contributed by atoms with Crippen LogP contribution in [0.4, 0.5) is 5.69 Å². The fraction of sp³-hybridized carbons (Fsp3) is 0.250. The van der Waals surface area contributed by atoms with E-state index in [4.69, 9.17) is 5.11 Å². The van der Waals surface area contributed by atoms with Gasteiger partial charge >= 0.3 is 0 Å². The number of aliphatic hydroxyl groups is 1. The van der Waals surface area contributed by atoms with E-state index in [2.05, 4.69) is 17.0 Å². The predicted molar refractivity (Wildman–Crippen MR) is 48.1 cm³/mol. The van der Waals surface area contributed by atoms with Crippen molar-refractivity contribution in [3.8, 4) is 0 Å². The lowest BCUT2D eigenvalue weighted by Crippen LogP contribution is -2.15. The Morgan fingerprint density at radius 1 is 1.85 bits per heavy atom. The predicted octanol–water partition coefficient (Wildman–Crippen LogP) is -0.0929. The highest BCUT2D eigenvalue weighted by molar-refractivity contribution is 6.03. The van der Waals surface area contributed by atoms with Crippen molar-refractivity contribution in [3.05, 3.63) is 24.5 Å². The zero-order valence-electron chi connectivity index (χ0n) is 7.32. The average molecular weight is 181 g/mol. The molecule has 0 saturated carbocycles. The summed E-state index contributed by atoms with van der Waals surface area (Å²) in [6.45, 7) is 3.05. The molecule has 0 bridgehead atoms. The molecule has 0 unspecified atom stereocenters. The molecular formula is C8H11N3O2. The van der Waals surface area contributed by atoms with E-state index >= 15 is 0 Å². The van der Waals surface area contributed by atoms with Crippen molar-refractivity contribution in [3.63, 3.8) is 0 Å². The van der Waals surface area contributed by atoms with Crippen molar-refractivity contribution in [1.82, 2.24) is 9.78 Å². The van der Waals surface area contributed by atoms with Crippen molar-refractivity contribution in [2.75, 3.05) is 11.9 Å². The summed E-state index contributed by atoms with van der Waals surface area (Å²) in [6, 6.07) is 0. The highest BCUT2D eigenvalue weighted by atomic mass is 16.3. The van der Waals surface area contributed by atoms with E-state index in [1.807, 2.05) is 0 Å². The number of nitrogens with zero attached hydrogens (tertiary/aromatic N) is 2. The van der Waals surface area contributed by atoms with Gasteiger partial charge in [-0.3, -0.25) is 9.48 Å². The van der Waals surface area contributed by atoms with Crippen molar-refractivity contribution in [2.45, 2.75) is 0 Å².